The van der Waals surface area contributed by atoms with E-state index in [1.165, 1.54) is 6.34 Å². The van der Waals surface area contributed by atoms with Crippen molar-refractivity contribution in [2.24, 2.45) is 0 Å². The monoisotopic (exact) mass is 355 g/mol. The normalized spacial score (nSPS) is 14.2. The van der Waals surface area contributed by atoms with E-state index in [9.17, 15) is 22.0 Å². The smallest absolute Gasteiger partial charge is 0.229 e. The lowest BCUT2D eigenvalue weighted by Gasteiger charge is -2.10. The van der Waals surface area contributed by atoms with E-state index in [2.05, 4.69) is 0 Å². The van der Waals surface area contributed by atoms with Crippen LogP contribution in [0, 0.1) is 49.9 Å². The Morgan fingerprint density at radius 3 is 1.80 bits per heavy atom. The average Bonchev–Trinajstić information content (AvgIpc) is 2.99. The van der Waals surface area contributed by atoms with Crippen LogP contribution >= 0.6 is 0 Å². The van der Waals surface area contributed by atoms with E-state index in [0.717, 1.165) is 27.3 Å². The Hall–Kier alpha value is -2.44. The van der Waals surface area contributed by atoms with Crippen LogP contribution in [0.2, 0.25) is 0 Å². The maximum absolute atomic E-state index is 14.0. The molecule has 7 heteroatoms. The van der Waals surface area contributed by atoms with E-state index in [1.54, 1.807) is 4.58 Å². The van der Waals surface area contributed by atoms with Crippen molar-refractivity contribution in [3.05, 3.63) is 57.9 Å². The fourth-order valence-corrected chi connectivity index (χ4v) is 3.31. The highest BCUT2D eigenvalue weighted by Gasteiger charge is 2.35. The van der Waals surface area contributed by atoms with Crippen LogP contribution in [-0.2, 0) is 0 Å². The summed E-state index contributed by atoms with van der Waals surface area (Å²) in [5, 5.41) is 0. The van der Waals surface area contributed by atoms with Gasteiger partial charge in [0.05, 0.1) is 0 Å². The van der Waals surface area contributed by atoms with Crippen molar-refractivity contribution in [3.8, 4) is 0 Å². The molecule has 3 rings (SSSR count). The standard InChI is InChI=1S/C18H16F5N2/c1-9-6-10(2)17(11(3)7-9)24-4-5-25(8-24)18-15(22)13(20)12(19)14(21)16(18)23/h6-8H,4-5H2,1-3H3/q+1. The summed E-state index contributed by atoms with van der Waals surface area (Å²) in [6.07, 6.45) is 1.38. The molecule has 0 saturated carbocycles. The second kappa shape index (κ2) is 6.13. The van der Waals surface area contributed by atoms with E-state index in [0.29, 0.717) is 6.54 Å². The zero-order valence-corrected chi connectivity index (χ0v) is 13.9. The molecule has 132 valence electrons. The maximum Gasteiger partial charge on any atom is 0.244 e. The van der Waals surface area contributed by atoms with E-state index < -0.39 is 34.8 Å². The summed E-state index contributed by atoms with van der Waals surface area (Å²) in [6.45, 7) is 6.24. The first kappa shape index (κ1) is 17.4. The van der Waals surface area contributed by atoms with Crippen LogP contribution in [0.1, 0.15) is 16.7 Å². The lowest BCUT2D eigenvalue weighted by molar-refractivity contribution is -0.425. The van der Waals surface area contributed by atoms with Gasteiger partial charge in [-0.05, 0) is 31.9 Å². The van der Waals surface area contributed by atoms with Crippen LogP contribution in [0.5, 0.6) is 0 Å². The first-order valence-corrected chi connectivity index (χ1v) is 7.70. The number of hydrogen-bond acceptors (Lipinski definition) is 1. The summed E-state index contributed by atoms with van der Waals surface area (Å²) in [5.74, 6) is -9.69. The van der Waals surface area contributed by atoms with Crippen LogP contribution in [-0.4, -0.2) is 24.0 Å². The van der Waals surface area contributed by atoms with Crippen LogP contribution in [0.15, 0.2) is 12.1 Å². The molecule has 1 aliphatic heterocycles. The second-order valence-corrected chi connectivity index (χ2v) is 6.17. The fourth-order valence-electron chi connectivity index (χ4n) is 3.31. The van der Waals surface area contributed by atoms with Crippen molar-refractivity contribution < 1.29 is 26.5 Å². The highest BCUT2D eigenvalue weighted by atomic mass is 19.2. The van der Waals surface area contributed by atoms with Crippen molar-refractivity contribution in [2.45, 2.75) is 20.8 Å². The largest absolute Gasteiger partial charge is 0.244 e. The third kappa shape index (κ3) is 2.77. The molecule has 2 nitrogen and oxygen atoms in total. The molecule has 25 heavy (non-hydrogen) atoms. The number of nitrogens with zero attached hydrogens (tertiary/aromatic N) is 2. The number of halogens is 5. The van der Waals surface area contributed by atoms with Crippen LogP contribution in [0.4, 0.5) is 33.3 Å². The second-order valence-electron chi connectivity index (χ2n) is 6.17. The lowest BCUT2D eigenvalue weighted by Crippen LogP contribution is -2.23. The van der Waals surface area contributed by atoms with Crippen LogP contribution in [0.25, 0.3) is 0 Å². The third-order valence-electron chi connectivity index (χ3n) is 4.26. The molecule has 0 bridgehead atoms. The Morgan fingerprint density at radius 2 is 1.28 bits per heavy atom. The molecule has 0 saturated heterocycles. The molecular weight excluding hydrogens is 339 g/mol. The van der Waals surface area contributed by atoms with Gasteiger partial charge in [0, 0.05) is 0 Å². The van der Waals surface area contributed by atoms with Crippen molar-refractivity contribution in [3.63, 3.8) is 0 Å². The van der Waals surface area contributed by atoms with Gasteiger partial charge in [-0.25, -0.2) is 22.6 Å². The summed E-state index contributed by atoms with van der Waals surface area (Å²) in [6, 6.07) is 3.94. The van der Waals surface area contributed by atoms with E-state index in [1.807, 2.05) is 32.9 Å². The van der Waals surface area contributed by atoms with E-state index in [4.69, 9.17) is 0 Å². The molecule has 0 unspecified atom stereocenters. The molecule has 0 N–H and O–H groups in total. The molecule has 1 heterocycles. The SMILES string of the molecule is Cc1cc(C)c([N+]2=CN(c3c(F)c(F)c(F)c(F)c3F)CC2)c(C)c1. The fraction of sp³-hybridized carbons (Fsp3) is 0.278. The van der Waals surface area contributed by atoms with Gasteiger partial charge < -0.3 is 0 Å². The maximum atomic E-state index is 14.0. The molecule has 1 aliphatic rings. The van der Waals surface area contributed by atoms with Gasteiger partial charge in [-0.15, -0.1) is 0 Å². The molecule has 0 amide bonds. The minimum atomic E-state index is -2.15. The van der Waals surface area contributed by atoms with Gasteiger partial charge in [-0.1, -0.05) is 17.7 Å². The molecule has 2 aromatic carbocycles. The van der Waals surface area contributed by atoms with Gasteiger partial charge in [-0.2, -0.15) is 8.78 Å². The Balaban J connectivity index is 2.10. The van der Waals surface area contributed by atoms with Crippen LogP contribution < -0.4 is 4.90 Å². The molecule has 0 atom stereocenters. The van der Waals surface area contributed by atoms with E-state index >= 15 is 0 Å². The van der Waals surface area contributed by atoms with Gasteiger partial charge in [0.2, 0.25) is 41.1 Å². The van der Waals surface area contributed by atoms with Gasteiger partial charge in [0.15, 0.2) is 0 Å². The molecule has 2 aromatic rings. The van der Waals surface area contributed by atoms with Crippen molar-refractivity contribution >= 4 is 17.7 Å². The van der Waals surface area contributed by atoms with Crippen molar-refractivity contribution in [1.82, 2.24) is 0 Å². The number of anilines is 1. The zero-order valence-electron chi connectivity index (χ0n) is 13.9. The highest BCUT2D eigenvalue weighted by molar-refractivity contribution is 5.79. The quantitative estimate of drug-likeness (QED) is 0.333. The Kier molecular flexibility index (Phi) is 4.26. The highest BCUT2D eigenvalue weighted by Crippen LogP contribution is 2.32. The number of rotatable bonds is 2. The summed E-state index contributed by atoms with van der Waals surface area (Å²) in [4.78, 5) is 1.05. The van der Waals surface area contributed by atoms with Crippen molar-refractivity contribution in [2.75, 3.05) is 18.0 Å². The predicted octanol–water partition coefficient (Wildman–Crippen LogP) is 4.50. The minimum absolute atomic E-state index is 0.102. The topological polar surface area (TPSA) is 6.25 Å². The molecule has 0 aliphatic carbocycles. The molecule has 0 aromatic heterocycles. The molecular formula is C18H16F5N2+. The predicted molar refractivity (Wildman–Crippen MR) is 85.1 cm³/mol. The van der Waals surface area contributed by atoms with Crippen LogP contribution in [0.3, 0.4) is 0 Å². The number of aryl methyl sites for hydroxylation is 3. The summed E-state index contributed by atoms with van der Waals surface area (Å²) < 4.78 is 69.8. The van der Waals surface area contributed by atoms with Crippen molar-refractivity contribution in [1.29, 1.82) is 0 Å². The molecule has 0 fully saturated rings. The van der Waals surface area contributed by atoms with Gasteiger partial charge >= 0.3 is 0 Å². The summed E-state index contributed by atoms with van der Waals surface area (Å²) >= 11 is 0. The summed E-state index contributed by atoms with van der Waals surface area (Å²) in [5.41, 5.74) is 2.94. The number of hydrogen-bond donors (Lipinski definition) is 0. The van der Waals surface area contributed by atoms with E-state index in [-0.39, 0.29) is 6.54 Å². The average molecular weight is 355 g/mol. The Morgan fingerprint density at radius 1 is 0.800 bits per heavy atom. The minimum Gasteiger partial charge on any atom is -0.229 e. The Bertz CT molecular complexity index is 853. The first-order valence-electron chi connectivity index (χ1n) is 7.70. The van der Waals surface area contributed by atoms with Gasteiger partial charge in [0.25, 0.3) is 0 Å². The van der Waals surface area contributed by atoms with Gasteiger partial charge in [0.1, 0.15) is 18.8 Å². The molecule has 0 spiro atoms. The molecule has 0 radical (unpaired) electrons. The Labute approximate surface area is 141 Å². The van der Waals surface area contributed by atoms with Gasteiger partial charge in [-0.3, -0.25) is 0 Å². The number of benzene rings is 2. The zero-order chi connectivity index (χ0) is 18.5. The first-order chi connectivity index (χ1) is 11.7. The lowest BCUT2D eigenvalue weighted by atomic mass is 10.0. The summed E-state index contributed by atoms with van der Waals surface area (Å²) in [7, 11) is 0. The third-order valence-corrected chi connectivity index (χ3v) is 4.26.